The van der Waals surface area contributed by atoms with Crippen molar-refractivity contribution in [1.82, 2.24) is 10.1 Å². The van der Waals surface area contributed by atoms with Crippen molar-refractivity contribution in [2.45, 2.75) is 35.9 Å². The summed E-state index contributed by atoms with van der Waals surface area (Å²) < 4.78 is 11.6. The minimum absolute atomic E-state index is 0.322. The van der Waals surface area contributed by atoms with Crippen molar-refractivity contribution in [1.29, 1.82) is 0 Å². The number of hydrogen-bond donors (Lipinski definition) is 0. The molecule has 0 N–H and O–H groups in total. The minimum atomic E-state index is -0.322. The number of aromatic nitrogens is 2. The Morgan fingerprint density at radius 3 is 2.48 bits per heavy atom. The Balaban J connectivity index is 1.53. The van der Waals surface area contributed by atoms with Crippen LogP contribution < -0.4 is 0 Å². The lowest BCUT2D eigenvalue weighted by molar-refractivity contribution is -0.0858. The molecule has 0 bridgehead atoms. The maximum atomic E-state index is 5.62. The molecule has 0 atom stereocenters. The van der Waals surface area contributed by atoms with Gasteiger partial charge in [0, 0.05) is 12.7 Å². The SMILES string of the molecule is COC1(c2noc(-c3ccc(C4SCCCS4)cc3)n2)CCC1. The van der Waals surface area contributed by atoms with Gasteiger partial charge in [0.15, 0.2) is 0 Å². The van der Waals surface area contributed by atoms with Crippen molar-refractivity contribution in [3.63, 3.8) is 0 Å². The number of benzene rings is 1. The summed E-state index contributed by atoms with van der Waals surface area (Å²) in [6, 6.07) is 8.54. The van der Waals surface area contributed by atoms with E-state index < -0.39 is 0 Å². The lowest BCUT2D eigenvalue weighted by atomic mass is 9.79. The molecule has 2 heterocycles. The molecular formula is C17H20N2O2S2. The number of ether oxygens (including phenoxy) is 1. The van der Waals surface area contributed by atoms with Crippen molar-refractivity contribution < 1.29 is 9.26 Å². The van der Waals surface area contributed by atoms with Crippen LogP contribution in [0, 0.1) is 0 Å². The molecular weight excluding hydrogens is 328 g/mol. The van der Waals surface area contributed by atoms with Crippen LogP contribution in [0.2, 0.25) is 0 Å². The van der Waals surface area contributed by atoms with Gasteiger partial charge in [-0.25, -0.2) is 0 Å². The van der Waals surface area contributed by atoms with Crippen molar-refractivity contribution >= 4 is 23.5 Å². The smallest absolute Gasteiger partial charge is 0.258 e. The third-order valence-corrected chi connectivity index (χ3v) is 7.66. The highest BCUT2D eigenvalue weighted by atomic mass is 32.2. The average molecular weight is 348 g/mol. The summed E-state index contributed by atoms with van der Waals surface area (Å²) in [5.74, 6) is 3.78. The number of rotatable bonds is 4. The van der Waals surface area contributed by atoms with Gasteiger partial charge in [-0.05, 0) is 54.9 Å². The van der Waals surface area contributed by atoms with Crippen molar-refractivity contribution in [3.8, 4) is 11.5 Å². The van der Waals surface area contributed by atoms with Gasteiger partial charge >= 0.3 is 0 Å². The first-order valence-corrected chi connectivity index (χ1v) is 10.1. The van der Waals surface area contributed by atoms with Gasteiger partial charge in [0.05, 0.1) is 4.58 Å². The molecule has 4 nitrogen and oxygen atoms in total. The first-order chi connectivity index (χ1) is 11.3. The van der Waals surface area contributed by atoms with Crippen LogP contribution in [0.1, 0.15) is 41.7 Å². The van der Waals surface area contributed by atoms with E-state index in [2.05, 4.69) is 34.4 Å². The van der Waals surface area contributed by atoms with Gasteiger partial charge in [0.25, 0.3) is 5.89 Å². The summed E-state index contributed by atoms with van der Waals surface area (Å²) in [5, 5.41) is 4.15. The van der Waals surface area contributed by atoms with Crippen LogP contribution in [-0.2, 0) is 10.3 Å². The van der Waals surface area contributed by atoms with E-state index in [0.717, 1.165) is 24.8 Å². The standard InChI is InChI=1S/C17H20N2O2S2/c1-20-17(8-2-9-17)16-18-14(21-19-16)12-4-6-13(7-5-12)15-22-10-3-11-23-15/h4-7,15H,2-3,8-11H2,1H3. The van der Waals surface area contributed by atoms with Crippen LogP contribution >= 0.6 is 23.5 Å². The lowest BCUT2D eigenvalue weighted by Gasteiger charge is -2.37. The molecule has 1 aromatic carbocycles. The molecule has 6 heteroatoms. The van der Waals surface area contributed by atoms with E-state index in [1.54, 1.807) is 7.11 Å². The van der Waals surface area contributed by atoms with Gasteiger partial charge in [-0.3, -0.25) is 0 Å². The lowest BCUT2D eigenvalue weighted by Crippen LogP contribution is -2.37. The van der Waals surface area contributed by atoms with Gasteiger partial charge < -0.3 is 9.26 Å². The summed E-state index contributed by atoms with van der Waals surface area (Å²) in [6.07, 6.45) is 4.41. The van der Waals surface area contributed by atoms with Crippen molar-refractivity contribution in [2.24, 2.45) is 0 Å². The quantitative estimate of drug-likeness (QED) is 0.803. The van der Waals surface area contributed by atoms with E-state index in [1.165, 1.54) is 23.5 Å². The Morgan fingerprint density at radius 1 is 1.13 bits per heavy atom. The minimum Gasteiger partial charge on any atom is -0.370 e. The molecule has 1 saturated heterocycles. The summed E-state index contributed by atoms with van der Waals surface area (Å²) in [4.78, 5) is 4.57. The number of nitrogens with zero attached hydrogens (tertiary/aromatic N) is 2. The van der Waals surface area contributed by atoms with E-state index in [9.17, 15) is 0 Å². The van der Waals surface area contributed by atoms with E-state index in [4.69, 9.17) is 9.26 Å². The van der Waals surface area contributed by atoms with Gasteiger partial charge in [-0.2, -0.15) is 4.98 Å². The Bertz CT molecular complexity index is 656. The van der Waals surface area contributed by atoms with Gasteiger partial charge in [0.1, 0.15) is 5.60 Å². The molecule has 1 saturated carbocycles. The van der Waals surface area contributed by atoms with Crippen molar-refractivity contribution in [3.05, 3.63) is 35.7 Å². The molecule has 0 unspecified atom stereocenters. The zero-order valence-corrected chi connectivity index (χ0v) is 14.8. The molecule has 122 valence electrons. The topological polar surface area (TPSA) is 48.2 Å². The van der Waals surface area contributed by atoms with Crippen LogP contribution in [0.4, 0.5) is 0 Å². The first-order valence-electron chi connectivity index (χ1n) is 8.04. The third-order valence-electron chi connectivity index (χ3n) is 4.64. The highest BCUT2D eigenvalue weighted by Crippen LogP contribution is 2.45. The van der Waals surface area contributed by atoms with E-state index in [0.29, 0.717) is 16.3 Å². The summed E-state index contributed by atoms with van der Waals surface area (Å²) in [7, 11) is 1.73. The predicted octanol–water partition coefficient (Wildman–Crippen LogP) is 4.63. The zero-order chi connectivity index (χ0) is 15.7. The van der Waals surface area contributed by atoms with Gasteiger partial charge in [-0.15, -0.1) is 23.5 Å². The van der Waals surface area contributed by atoms with Crippen LogP contribution in [0.3, 0.4) is 0 Å². The van der Waals surface area contributed by atoms with E-state index >= 15 is 0 Å². The van der Waals surface area contributed by atoms with Gasteiger partial charge in [-0.1, -0.05) is 17.3 Å². The Hall–Kier alpha value is -0.980. The molecule has 2 fully saturated rings. The second-order valence-electron chi connectivity index (χ2n) is 6.02. The number of thioether (sulfide) groups is 2. The van der Waals surface area contributed by atoms with E-state index in [1.807, 2.05) is 23.5 Å². The number of hydrogen-bond acceptors (Lipinski definition) is 6. The molecule has 23 heavy (non-hydrogen) atoms. The number of methoxy groups -OCH3 is 1. The molecule has 0 radical (unpaired) electrons. The zero-order valence-electron chi connectivity index (χ0n) is 13.2. The summed E-state index contributed by atoms with van der Waals surface area (Å²) in [6.45, 7) is 0. The van der Waals surface area contributed by atoms with Gasteiger partial charge in [0.2, 0.25) is 5.82 Å². The molecule has 2 aliphatic rings. The molecule has 1 aliphatic carbocycles. The monoisotopic (exact) mass is 348 g/mol. The largest absolute Gasteiger partial charge is 0.370 e. The van der Waals surface area contributed by atoms with Crippen LogP contribution in [0.15, 0.2) is 28.8 Å². The highest BCUT2D eigenvalue weighted by Gasteiger charge is 2.43. The van der Waals surface area contributed by atoms with Crippen molar-refractivity contribution in [2.75, 3.05) is 18.6 Å². The fraction of sp³-hybridized carbons (Fsp3) is 0.529. The fourth-order valence-electron chi connectivity index (χ4n) is 3.01. The first kappa shape index (κ1) is 15.5. The summed E-state index contributed by atoms with van der Waals surface area (Å²) in [5.41, 5.74) is 2.02. The Kier molecular flexibility index (Phi) is 4.39. The van der Waals surface area contributed by atoms with Crippen LogP contribution in [0.5, 0.6) is 0 Å². The Morgan fingerprint density at radius 2 is 1.87 bits per heavy atom. The molecule has 4 rings (SSSR count). The summed E-state index contributed by atoms with van der Waals surface area (Å²) >= 11 is 4.07. The molecule has 2 aromatic rings. The molecule has 0 amide bonds. The van der Waals surface area contributed by atoms with E-state index in [-0.39, 0.29) is 5.60 Å². The second kappa shape index (κ2) is 6.49. The molecule has 1 aromatic heterocycles. The normalized spacial score (nSPS) is 21.1. The van der Waals surface area contributed by atoms with Crippen LogP contribution in [0.25, 0.3) is 11.5 Å². The maximum absolute atomic E-state index is 5.62. The average Bonchev–Trinajstić information content (AvgIpc) is 3.06. The second-order valence-corrected chi connectivity index (χ2v) is 8.75. The molecule has 0 spiro atoms. The van der Waals surface area contributed by atoms with Crippen LogP contribution in [-0.4, -0.2) is 28.8 Å². The third kappa shape index (κ3) is 2.92. The molecule has 1 aliphatic heterocycles. The Labute approximate surface area is 144 Å². The predicted molar refractivity (Wildman–Crippen MR) is 94.5 cm³/mol. The fourth-order valence-corrected chi connectivity index (χ4v) is 5.90. The maximum Gasteiger partial charge on any atom is 0.258 e. The highest BCUT2D eigenvalue weighted by molar-refractivity contribution is 8.16.